The van der Waals surface area contributed by atoms with Crippen LogP contribution in [0.5, 0.6) is 5.75 Å². The summed E-state index contributed by atoms with van der Waals surface area (Å²) in [6.07, 6.45) is 0.556. The minimum Gasteiger partial charge on any atom is -0.495 e. The van der Waals surface area contributed by atoms with Crippen LogP contribution in [0.15, 0.2) is 12.1 Å². The van der Waals surface area contributed by atoms with Gasteiger partial charge in [-0.2, -0.15) is 0 Å². The zero-order valence-corrected chi connectivity index (χ0v) is 17.3. The Morgan fingerprint density at radius 2 is 2.03 bits per heavy atom. The van der Waals surface area contributed by atoms with Crippen LogP contribution in [-0.2, 0) is 14.4 Å². The fraction of sp³-hybridized carbons (Fsp3) is 0.526. The highest BCUT2D eigenvalue weighted by Gasteiger charge is 2.35. The molecule has 0 aromatic heterocycles. The highest BCUT2D eigenvalue weighted by molar-refractivity contribution is 6.01. The zero-order valence-electron chi connectivity index (χ0n) is 16.4. The average molecular weight is 446 g/mol. The highest BCUT2D eigenvalue weighted by Crippen LogP contribution is 2.36. The molecule has 0 radical (unpaired) electrons. The number of carbonyl (C=O) groups is 3. The number of nitrogens with zero attached hydrogens (tertiary/aromatic N) is 1. The molecule has 0 saturated carbocycles. The number of methoxy groups -OCH3 is 1. The van der Waals surface area contributed by atoms with Crippen LogP contribution in [0.1, 0.15) is 32.1 Å². The van der Waals surface area contributed by atoms with E-state index in [4.69, 9.17) is 9.84 Å². The van der Waals surface area contributed by atoms with Gasteiger partial charge in [-0.15, -0.1) is 12.4 Å². The molecule has 9 nitrogen and oxygen atoms in total. The number of imide groups is 1. The molecule has 0 bridgehead atoms. The van der Waals surface area contributed by atoms with E-state index in [0.29, 0.717) is 30.9 Å². The summed E-state index contributed by atoms with van der Waals surface area (Å²) < 4.78 is 20.2. The number of carboxylic acid groups (broad SMARTS) is 1. The monoisotopic (exact) mass is 445 g/mol. The molecule has 2 amide bonds. The van der Waals surface area contributed by atoms with E-state index < -0.39 is 29.3 Å². The number of nitrogens with one attached hydrogen (secondary N) is 2. The molecule has 2 fully saturated rings. The van der Waals surface area contributed by atoms with Crippen LogP contribution in [0.4, 0.5) is 15.8 Å². The minimum atomic E-state index is -1.30. The van der Waals surface area contributed by atoms with Crippen LogP contribution in [0, 0.1) is 5.82 Å². The normalized spacial score (nSPS) is 20.8. The van der Waals surface area contributed by atoms with Crippen molar-refractivity contribution < 1.29 is 33.7 Å². The number of rotatable bonds is 6. The summed E-state index contributed by atoms with van der Waals surface area (Å²) >= 11 is 0. The zero-order chi connectivity index (χ0) is 21.2. The van der Waals surface area contributed by atoms with Gasteiger partial charge in [-0.05, 0) is 19.3 Å². The van der Waals surface area contributed by atoms with E-state index in [1.54, 1.807) is 4.90 Å². The summed E-state index contributed by atoms with van der Waals surface area (Å²) in [4.78, 5) is 35.8. The Bertz CT molecular complexity index is 829. The lowest BCUT2D eigenvalue weighted by atomic mass is 9.88. The number of amides is 2. The highest BCUT2D eigenvalue weighted by atomic mass is 35.5. The van der Waals surface area contributed by atoms with Gasteiger partial charge in [-0.3, -0.25) is 19.7 Å². The molecule has 1 atom stereocenters. The Labute approximate surface area is 179 Å². The fourth-order valence-electron chi connectivity index (χ4n) is 3.71. The van der Waals surface area contributed by atoms with Gasteiger partial charge in [0.05, 0.1) is 30.5 Å². The second kappa shape index (κ2) is 9.48. The molecule has 166 valence electrons. The summed E-state index contributed by atoms with van der Waals surface area (Å²) in [5.74, 6) is -2.09. The summed E-state index contributed by atoms with van der Waals surface area (Å²) in [7, 11) is 1.43. The number of ether oxygens (including phenoxy) is 1. The molecule has 2 aliphatic heterocycles. The number of aliphatic carboxylic acids is 1. The van der Waals surface area contributed by atoms with Crippen LogP contribution in [-0.4, -0.2) is 59.8 Å². The Morgan fingerprint density at radius 1 is 1.37 bits per heavy atom. The summed E-state index contributed by atoms with van der Waals surface area (Å²) in [5, 5.41) is 24.4. The topological polar surface area (TPSA) is 128 Å². The van der Waals surface area contributed by atoms with Crippen LogP contribution >= 0.6 is 12.4 Å². The van der Waals surface area contributed by atoms with Crippen molar-refractivity contribution in [3.8, 4) is 5.75 Å². The summed E-state index contributed by atoms with van der Waals surface area (Å²) in [5.41, 5.74) is -0.730. The standard InChI is InChI=1S/C19H24FN3O6.ClH/c1-29-15-9-14(23-6-4-19(28,5-7-23)10-17(25)26)11(20)8-13(15)21-12-2-3-16(24)22-18(12)27;/h8-9,12,21,28H,2-7,10H2,1H3,(H,25,26)(H,22,24,27);1H. The summed E-state index contributed by atoms with van der Waals surface area (Å²) in [6, 6.07) is 2.06. The second-order valence-electron chi connectivity index (χ2n) is 7.43. The van der Waals surface area contributed by atoms with Gasteiger partial charge in [0.25, 0.3) is 0 Å². The number of hydrogen-bond acceptors (Lipinski definition) is 7. The molecule has 2 saturated heterocycles. The van der Waals surface area contributed by atoms with Gasteiger partial charge in [-0.25, -0.2) is 4.39 Å². The Morgan fingerprint density at radius 3 is 2.60 bits per heavy atom. The van der Waals surface area contributed by atoms with Gasteiger partial charge in [-0.1, -0.05) is 0 Å². The number of benzene rings is 1. The van der Waals surface area contributed by atoms with Gasteiger partial charge in [0, 0.05) is 31.6 Å². The molecule has 1 unspecified atom stereocenters. The van der Waals surface area contributed by atoms with Gasteiger partial charge < -0.3 is 25.2 Å². The van der Waals surface area contributed by atoms with E-state index >= 15 is 0 Å². The van der Waals surface area contributed by atoms with Crippen LogP contribution in [0.3, 0.4) is 0 Å². The lowest BCUT2D eigenvalue weighted by molar-refractivity contribution is -0.143. The quantitative estimate of drug-likeness (QED) is 0.482. The van der Waals surface area contributed by atoms with E-state index in [2.05, 4.69) is 10.6 Å². The van der Waals surface area contributed by atoms with E-state index in [1.165, 1.54) is 19.2 Å². The number of carboxylic acids is 1. The number of aliphatic hydroxyl groups is 1. The predicted molar refractivity (Wildman–Crippen MR) is 109 cm³/mol. The molecule has 0 spiro atoms. The minimum absolute atomic E-state index is 0. The van der Waals surface area contributed by atoms with Crippen molar-refractivity contribution in [3.05, 3.63) is 17.9 Å². The number of hydrogen-bond donors (Lipinski definition) is 4. The first-order chi connectivity index (χ1) is 13.7. The lowest BCUT2D eigenvalue weighted by Gasteiger charge is -2.38. The van der Waals surface area contributed by atoms with E-state index in [0.717, 1.165) is 0 Å². The third-order valence-electron chi connectivity index (χ3n) is 5.35. The number of carbonyl (C=O) groups excluding carboxylic acids is 2. The largest absolute Gasteiger partial charge is 0.495 e. The van der Waals surface area contributed by atoms with Crippen molar-refractivity contribution >= 4 is 41.6 Å². The predicted octanol–water partition coefficient (Wildman–Crippen LogP) is 1.28. The maximum absolute atomic E-state index is 14.8. The maximum atomic E-state index is 14.8. The molecule has 1 aromatic carbocycles. The molecule has 30 heavy (non-hydrogen) atoms. The molecule has 11 heteroatoms. The van der Waals surface area contributed by atoms with Crippen LogP contribution in [0.25, 0.3) is 0 Å². The number of piperidine rings is 2. The molecule has 4 N–H and O–H groups in total. The molecule has 0 aliphatic carbocycles. The first-order valence-corrected chi connectivity index (χ1v) is 9.38. The van der Waals surface area contributed by atoms with Gasteiger partial charge >= 0.3 is 5.97 Å². The lowest BCUT2D eigenvalue weighted by Crippen LogP contribution is -2.47. The number of halogens is 2. The van der Waals surface area contributed by atoms with Gasteiger partial charge in [0.1, 0.15) is 17.6 Å². The van der Waals surface area contributed by atoms with Gasteiger partial charge in [0.2, 0.25) is 11.8 Å². The molecular formula is C19H25ClFN3O6. The fourth-order valence-corrected chi connectivity index (χ4v) is 3.71. The van der Waals surface area contributed by atoms with E-state index in [-0.39, 0.29) is 49.7 Å². The average Bonchev–Trinajstić information content (AvgIpc) is 2.64. The van der Waals surface area contributed by atoms with Crippen molar-refractivity contribution in [2.45, 2.75) is 43.7 Å². The summed E-state index contributed by atoms with van der Waals surface area (Å²) in [6.45, 7) is 0.591. The third kappa shape index (κ3) is 5.31. The Balaban J connectivity index is 0.00000320. The molecule has 2 aliphatic rings. The van der Waals surface area contributed by atoms with Crippen molar-refractivity contribution in [2.75, 3.05) is 30.4 Å². The van der Waals surface area contributed by atoms with Crippen molar-refractivity contribution in [1.29, 1.82) is 0 Å². The van der Waals surface area contributed by atoms with Gasteiger partial charge in [0.15, 0.2) is 0 Å². The number of anilines is 2. The van der Waals surface area contributed by atoms with E-state index in [1.807, 2.05) is 0 Å². The van der Waals surface area contributed by atoms with Crippen molar-refractivity contribution in [3.63, 3.8) is 0 Å². The Hall–Kier alpha value is -2.59. The maximum Gasteiger partial charge on any atom is 0.306 e. The smallest absolute Gasteiger partial charge is 0.306 e. The molecule has 3 rings (SSSR count). The Kier molecular flexibility index (Phi) is 7.49. The van der Waals surface area contributed by atoms with Crippen molar-refractivity contribution in [1.82, 2.24) is 5.32 Å². The van der Waals surface area contributed by atoms with E-state index in [9.17, 15) is 23.9 Å². The second-order valence-corrected chi connectivity index (χ2v) is 7.43. The van der Waals surface area contributed by atoms with Crippen LogP contribution < -0.4 is 20.3 Å². The third-order valence-corrected chi connectivity index (χ3v) is 5.35. The first kappa shape index (κ1) is 23.7. The van der Waals surface area contributed by atoms with Crippen LogP contribution in [0.2, 0.25) is 0 Å². The first-order valence-electron chi connectivity index (χ1n) is 9.38. The SMILES string of the molecule is COc1cc(N2CCC(O)(CC(=O)O)CC2)c(F)cc1NC1CCC(=O)NC1=O.Cl. The molecular weight excluding hydrogens is 421 g/mol. The molecule has 2 heterocycles. The molecule has 1 aromatic rings. The van der Waals surface area contributed by atoms with Crippen molar-refractivity contribution in [2.24, 2.45) is 0 Å².